The smallest absolute Gasteiger partial charge is 0.441 e. The number of hydrogen-bond acceptors (Lipinski definition) is 6. The van der Waals surface area contributed by atoms with Crippen molar-refractivity contribution in [1.82, 2.24) is 5.27 Å². The van der Waals surface area contributed by atoms with E-state index in [1.807, 2.05) is 0 Å². The zero-order valence-electron chi connectivity index (χ0n) is 13.5. The molecule has 0 saturated carbocycles. The summed E-state index contributed by atoms with van der Waals surface area (Å²) in [7, 11) is 1.52. The number of nitrogens with zero attached hydrogens (tertiary/aromatic N) is 1. The molecule has 0 unspecified atom stereocenters. The highest BCUT2D eigenvalue weighted by Crippen LogP contribution is 2.12. The fourth-order valence-electron chi connectivity index (χ4n) is 2.26. The zero-order valence-corrected chi connectivity index (χ0v) is 13.5. The molecule has 0 fully saturated rings. The summed E-state index contributed by atoms with van der Waals surface area (Å²) in [5.41, 5.74) is -0.378. The third-order valence-electron chi connectivity index (χ3n) is 3.57. The van der Waals surface area contributed by atoms with E-state index in [1.165, 1.54) is 36.1 Å². The molecule has 0 radical (unpaired) electrons. The molecule has 0 bridgehead atoms. The largest absolute Gasteiger partial charge is 0.545 e. The topological polar surface area (TPSA) is 128 Å². The van der Waals surface area contributed by atoms with E-state index >= 15 is 0 Å². The lowest BCUT2D eigenvalue weighted by molar-refractivity contribution is -0.672. The molecule has 0 spiro atoms. The molecule has 0 saturated heterocycles. The summed E-state index contributed by atoms with van der Waals surface area (Å²) in [6.07, 6.45) is 0. The summed E-state index contributed by atoms with van der Waals surface area (Å²) >= 11 is 0. The van der Waals surface area contributed by atoms with Crippen LogP contribution >= 0.6 is 0 Å². The van der Waals surface area contributed by atoms with Crippen molar-refractivity contribution >= 4 is 17.6 Å². The minimum atomic E-state index is -1.33. The van der Waals surface area contributed by atoms with Crippen LogP contribution in [-0.4, -0.2) is 24.3 Å². The van der Waals surface area contributed by atoms with Crippen molar-refractivity contribution in [2.45, 2.75) is 0 Å². The van der Waals surface area contributed by atoms with Gasteiger partial charge >= 0.3 is 17.2 Å². The highest BCUT2D eigenvalue weighted by atomic mass is 16.5. The van der Waals surface area contributed by atoms with Gasteiger partial charge in [-0.3, -0.25) is 9.32 Å². The number of aromatic carboxylic acids is 1. The second kappa shape index (κ2) is 6.93. The van der Waals surface area contributed by atoms with E-state index in [4.69, 9.17) is 9.26 Å². The predicted octanol–water partition coefficient (Wildman–Crippen LogP) is -0.131. The molecule has 0 aliphatic heterocycles. The summed E-state index contributed by atoms with van der Waals surface area (Å²) in [4.78, 5) is 35.1. The van der Waals surface area contributed by atoms with E-state index in [1.54, 1.807) is 24.3 Å². The van der Waals surface area contributed by atoms with Gasteiger partial charge in [-0.1, -0.05) is 12.1 Å². The number of anilines is 1. The molecule has 1 aromatic heterocycles. The minimum Gasteiger partial charge on any atom is -0.545 e. The van der Waals surface area contributed by atoms with Crippen LogP contribution in [0.15, 0.2) is 57.8 Å². The number of rotatable bonds is 5. The van der Waals surface area contributed by atoms with Crippen LogP contribution in [0.2, 0.25) is 0 Å². The average Bonchev–Trinajstić information content (AvgIpc) is 3.04. The lowest BCUT2D eigenvalue weighted by atomic mass is 10.2. The summed E-state index contributed by atoms with van der Waals surface area (Å²) in [6.45, 7) is 0. The van der Waals surface area contributed by atoms with E-state index in [2.05, 4.69) is 10.6 Å². The Bertz CT molecular complexity index is 1000. The molecule has 0 atom stereocenters. The highest BCUT2D eigenvalue weighted by Gasteiger charge is 2.30. The first-order valence-corrected chi connectivity index (χ1v) is 7.40. The van der Waals surface area contributed by atoms with Crippen molar-refractivity contribution in [3.63, 3.8) is 0 Å². The van der Waals surface area contributed by atoms with E-state index < -0.39 is 17.5 Å². The van der Waals surface area contributed by atoms with Gasteiger partial charge in [0.2, 0.25) is 5.69 Å². The molecule has 1 heterocycles. The predicted molar refractivity (Wildman–Crippen MR) is 86.1 cm³/mol. The van der Waals surface area contributed by atoms with Gasteiger partial charge in [-0.2, -0.15) is 0 Å². The number of benzene rings is 2. The molecule has 0 aliphatic rings. The van der Waals surface area contributed by atoms with Gasteiger partial charge in [0, 0.05) is 17.8 Å². The molecule has 132 valence electrons. The first-order valence-electron chi connectivity index (χ1n) is 7.40. The van der Waals surface area contributed by atoms with Crippen molar-refractivity contribution < 1.29 is 28.6 Å². The first kappa shape index (κ1) is 17.0. The maximum absolute atomic E-state index is 12.5. The third-order valence-corrected chi connectivity index (χ3v) is 3.57. The van der Waals surface area contributed by atoms with Crippen LogP contribution in [0, 0.1) is 0 Å². The van der Waals surface area contributed by atoms with Gasteiger partial charge in [-0.25, -0.2) is 4.79 Å². The summed E-state index contributed by atoms with van der Waals surface area (Å²) in [5.74, 6) is -1.44. The molecular weight excluding hydrogens is 342 g/mol. The van der Waals surface area contributed by atoms with E-state index in [0.717, 1.165) is 0 Å². The molecule has 3 aromatic rings. The van der Waals surface area contributed by atoms with Gasteiger partial charge in [0.15, 0.2) is 0 Å². The lowest BCUT2D eigenvalue weighted by Gasteiger charge is -2.05. The Labute approximate surface area is 146 Å². The average molecular weight is 355 g/mol. The lowest BCUT2D eigenvalue weighted by Crippen LogP contribution is -2.42. The number of aromatic nitrogens is 2. The summed E-state index contributed by atoms with van der Waals surface area (Å²) in [6, 6.07) is 11.9. The van der Waals surface area contributed by atoms with Gasteiger partial charge in [0.1, 0.15) is 5.75 Å². The molecule has 2 aromatic carbocycles. The van der Waals surface area contributed by atoms with Gasteiger partial charge < -0.3 is 20.0 Å². The number of ether oxygens (including phenoxy) is 1. The molecule has 26 heavy (non-hydrogen) atoms. The Morgan fingerprint density at radius 1 is 1.12 bits per heavy atom. The number of aromatic amines is 1. The Kier molecular flexibility index (Phi) is 4.52. The molecule has 2 N–H and O–H groups in total. The maximum Gasteiger partial charge on any atom is 0.441 e. The molecule has 9 nitrogen and oxygen atoms in total. The highest BCUT2D eigenvalue weighted by molar-refractivity contribution is 6.01. The Morgan fingerprint density at radius 2 is 1.77 bits per heavy atom. The Morgan fingerprint density at radius 3 is 2.35 bits per heavy atom. The van der Waals surface area contributed by atoms with Crippen LogP contribution < -0.4 is 25.5 Å². The standard InChI is InChI=1S/C17H13N3O6/c1-25-13-8-6-12(7-9-13)20-14(17(24)26-19-20)15(21)18-11-4-2-10(3-5-11)16(22)23/h2-9H,1H3,(H2-,18,19,21,22,23,24). The van der Waals surface area contributed by atoms with Crippen LogP contribution in [-0.2, 0) is 0 Å². The molecular formula is C17H13N3O6. The van der Waals surface area contributed by atoms with Crippen molar-refractivity contribution in [1.29, 1.82) is 0 Å². The third kappa shape index (κ3) is 3.31. The first-order chi connectivity index (χ1) is 12.5. The molecule has 1 amide bonds. The van der Waals surface area contributed by atoms with Crippen LogP contribution in [0.1, 0.15) is 20.8 Å². The van der Waals surface area contributed by atoms with Gasteiger partial charge in [0.25, 0.3) is 0 Å². The van der Waals surface area contributed by atoms with E-state index in [9.17, 15) is 19.5 Å². The number of carboxylic acid groups (broad SMARTS) is 1. The van der Waals surface area contributed by atoms with Crippen LogP contribution in [0.5, 0.6) is 5.75 Å². The molecule has 0 aliphatic carbocycles. The fraction of sp³-hybridized carbons (Fsp3) is 0.0588. The van der Waals surface area contributed by atoms with Gasteiger partial charge in [-0.05, 0) is 39.8 Å². The number of hydrogen-bond donors (Lipinski definition) is 2. The van der Waals surface area contributed by atoms with E-state index in [-0.39, 0.29) is 11.3 Å². The number of carboxylic acids is 1. The number of nitrogens with one attached hydrogen (secondary N) is 2. The van der Waals surface area contributed by atoms with E-state index in [0.29, 0.717) is 17.1 Å². The van der Waals surface area contributed by atoms with Crippen molar-refractivity contribution in [3.8, 4) is 11.4 Å². The van der Waals surface area contributed by atoms with Crippen LogP contribution in [0.25, 0.3) is 5.69 Å². The van der Waals surface area contributed by atoms with Gasteiger partial charge in [0.05, 0.1) is 13.1 Å². The number of methoxy groups -OCH3 is 1. The van der Waals surface area contributed by atoms with Crippen molar-refractivity contribution in [2.75, 3.05) is 12.4 Å². The van der Waals surface area contributed by atoms with Crippen molar-refractivity contribution in [3.05, 3.63) is 70.2 Å². The van der Waals surface area contributed by atoms with Crippen LogP contribution in [0.4, 0.5) is 5.69 Å². The zero-order chi connectivity index (χ0) is 18.7. The normalized spacial score (nSPS) is 10.3. The molecule has 9 heteroatoms. The van der Waals surface area contributed by atoms with Crippen molar-refractivity contribution in [2.24, 2.45) is 0 Å². The Balaban J connectivity index is 1.88. The summed E-state index contributed by atoms with van der Waals surface area (Å²) in [5, 5.41) is 15.6. The second-order valence-corrected chi connectivity index (χ2v) is 5.18. The second-order valence-electron chi connectivity index (χ2n) is 5.18. The number of amides is 1. The molecule has 3 rings (SSSR count). The summed E-state index contributed by atoms with van der Waals surface area (Å²) < 4.78 is 11.0. The number of carbonyl (C=O) groups excluding carboxylic acids is 2. The Hall–Kier alpha value is -3.88. The maximum atomic E-state index is 12.5. The minimum absolute atomic E-state index is 0.0301. The quantitative estimate of drug-likeness (QED) is 0.614. The SMILES string of the molecule is COc1ccc(-[n+]2[nH]oc(=O)c2C(=O)Nc2ccc(C(=O)[O-])cc2)cc1. The van der Waals surface area contributed by atoms with Gasteiger partial charge in [-0.15, -0.1) is 0 Å². The van der Waals surface area contributed by atoms with Crippen LogP contribution in [0.3, 0.4) is 0 Å². The number of carbonyl (C=O) groups is 2. The number of H-pyrrole nitrogens is 1. The monoisotopic (exact) mass is 355 g/mol. The fourth-order valence-corrected chi connectivity index (χ4v) is 2.26.